The molecule has 7 heteroatoms. The van der Waals surface area contributed by atoms with Crippen LogP contribution in [-0.4, -0.2) is 38.4 Å². The van der Waals surface area contributed by atoms with Crippen LogP contribution in [0.1, 0.15) is 5.56 Å². The number of hydrogen-bond donors (Lipinski definition) is 1. The molecule has 0 aromatic heterocycles. The predicted molar refractivity (Wildman–Crippen MR) is 69.0 cm³/mol. The third-order valence-corrected chi connectivity index (χ3v) is 2.53. The number of methoxy groups -OCH3 is 2. The number of nitro benzene ring substituents is 1. The summed E-state index contributed by atoms with van der Waals surface area (Å²) in [6.45, 7) is 0.718. The average Bonchev–Trinajstić information content (AvgIpc) is 2.42. The van der Waals surface area contributed by atoms with Crippen LogP contribution in [0.25, 0.3) is 0 Å². The lowest BCUT2D eigenvalue weighted by molar-refractivity contribution is -0.384. The van der Waals surface area contributed by atoms with Crippen LogP contribution in [0.3, 0.4) is 0 Å². The molecule has 1 aromatic rings. The van der Waals surface area contributed by atoms with Gasteiger partial charge in [0.1, 0.15) is 5.69 Å². The van der Waals surface area contributed by atoms with Crippen molar-refractivity contribution in [2.24, 2.45) is 0 Å². The predicted octanol–water partition coefficient (Wildman–Crippen LogP) is 1.54. The first-order valence-corrected chi connectivity index (χ1v) is 5.56. The number of nitrogens with one attached hydrogen (secondary N) is 1. The third kappa shape index (κ3) is 4.21. The lowest BCUT2D eigenvalue weighted by Gasteiger charge is -2.15. The molecule has 0 aliphatic carbocycles. The molecule has 7 nitrogen and oxygen atoms in total. The maximum Gasteiger partial charge on any atom is 0.292 e. The van der Waals surface area contributed by atoms with Crippen molar-refractivity contribution >= 4 is 11.4 Å². The first kappa shape index (κ1) is 14.9. The van der Waals surface area contributed by atoms with E-state index in [4.69, 9.17) is 14.7 Å². The molecule has 0 fully saturated rings. The number of rotatable bonds is 7. The van der Waals surface area contributed by atoms with E-state index in [2.05, 4.69) is 5.32 Å². The van der Waals surface area contributed by atoms with Crippen LogP contribution in [-0.2, 0) is 9.47 Å². The van der Waals surface area contributed by atoms with E-state index in [-0.39, 0.29) is 11.8 Å². The first-order valence-electron chi connectivity index (χ1n) is 5.56. The number of benzene rings is 1. The Morgan fingerprint density at radius 3 is 2.79 bits per heavy atom. The number of ether oxygens (including phenoxy) is 2. The quantitative estimate of drug-likeness (QED) is 0.593. The van der Waals surface area contributed by atoms with Crippen molar-refractivity contribution in [3.8, 4) is 6.07 Å². The van der Waals surface area contributed by atoms with Crippen molar-refractivity contribution in [1.29, 1.82) is 5.26 Å². The lowest BCUT2D eigenvalue weighted by atomic mass is 10.2. The van der Waals surface area contributed by atoms with Gasteiger partial charge in [-0.3, -0.25) is 10.1 Å². The Bertz CT molecular complexity index is 484. The molecule has 1 aromatic carbocycles. The monoisotopic (exact) mass is 265 g/mol. The van der Waals surface area contributed by atoms with E-state index in [0.29, 0.717) is 24.4 Å². The molecule has 1 unspecified atom stereocenters. The highest BCUT2D eigenvalue weighted by Crippen LogP contribution is 2.25. The van der Waals surface area contributed by atoms with Crippen LogP contribution < -0.4 is 5.32 Å². The summed E-state index contributed by atoms with van der Waals surface area (Å²) in [5, 5.41) is 22.6. The minimum atomic E-state index is -0.498. The van der Waals surface area contributed by atoms with Crippen LogP contribution in [0.5, 0.6) is 0 Å². The normalized spacial score (nSPS) is 11.6. The summed E-state index contributed by atoms with van der Waals surface area (Å²) < 4.78 is 10.1. The zero-order valence-electron chi connectivity index (χ0n) is 10.8. The summed E-state index contributed by atoms with van der Waals surface area (Å²) >= 11 is 0. The van der Waals surface area contributed by atoms with Crippen LogP contribution >= 0.6 is 0 Å². The molecule has 0 amide bonds. The van der Waals surface area contributed by atoms with Gasteiger partial charge in [0.25, 0.3) is 5.69 Å². The van der Waals surface area contributed by atoms with E-state index in [9.17, 15) is 10.1 Å². The Morgan fingerprint density at radius 2 is 2.26 bits per heavy atom. The van der Waals surface area contributed by atoms with Gasteiger partial charge in [0.05, 0.1) is 29.3 Å². The Labute approximate surface area is 110 Å². The van der Waals surface area contributed by atoms with Gasteiger partial charge in [-0.15, -0.1) is 0 Å². The number of hydrogen-bond acceptors (Lipinski definition) is 6. The largest absolute Gasteiger partial charge is 0.382 e. The Kier molecular flexibility index (Phi) is 5.73. The first-order chi connectivity index (χ1) is 9.12. The highest BCUT2D eigenvalue weighted by atomic mass is 16.6. The van der Waals surface area contributed by atoms with Crippen LogP contribution in [0.4, 0.5) is 11.4 Å². The summed E-state index contributed by atoms with van der Waals surface area (Å²) in [7, 11) is 3.08. The summed E-state index contributed by atoms with van der Waals surface area (Å²) in [4.78, 5) is 10.4. The van der Waals surface area contributed by atoms with Crippen molar-refractivity contribution in [1.82, 2.24) is 0 Å². The molecule has 0 radical (unpaired) electrons. The van der Waals surface area contributed by atoms with Gasteiger partial charge in [-0.25, -0.2) is 0 Å². The van der Waals surface area contributed by atoms with Crippen molar-refractivity contribution < 1.29 is 14.4 Å². The number of nitrogens with zero attached hydrogens (tertiary/aromatic N) is 2. The molecule has 1 atom stereocenters. The summed E-state index contributed by atoms with van der Waals surface area (Å²) in [6.07, 6.45) is -0.227. The standard InChI is InChI=1S/C12H15N3O4/c1-18-8-10(19-2)7-14-11-5-9(6-13)3-4-12(11)15(16)17/h3-5,10,14H,7-8H2,1-2H3. The van der Waals surface area contributed by atoms with Gasteiger partial charge in [0.15, 0.2) is 0 Å². The molecule has 0 saturated heterocycles. The fourth-order valence-corrected chi connectivity index (χ4v) is 1.53. The number of anilines is 1. The van der Waals surface area contributed by atoms with Crippen molar-refractivity contribution in [3.05, 3.63) is 33.9 Å². The van der Waals surface area contributed by atoms with E-state index < -0.39 is 4.92 Å². The topological polar surface area (TPSA) is 97.4 Å². The molecule has 19 heavy (non-hydrogen) atoms. The maximum absolute atomic E-state index is 10.9. The molecule has 0 spiro atoms. The van der Waals surface area contributed by atoms with Gasteiger partial charge in [-0.2, -0.15) is 5.26 Å². The molecule has 1 N–H and O–H groups in total. The average molecular weight is 265 g/mol. The van der Waals surface area contributed by atoms with E-state index in [1.165, 1.54) is 25.3 Å². The molecule has 0 aliphatic rings. The fourth-order valence-electron chi connectivity index (χ4n) is 1.53. The summed E-state index contributed by atoms with van der Waals surface area (Å²) in [5.41, 5.74) is 0.572. The fraction of sp³-hybridized carbons (Fsp3) is 0.417. The number of nitriles is 1. The van der Waals surface area contributed by atoms with Crippen molar-refractivity contribution in [2.45, 2.75) is 6.10 Å². The van der Waals surface area contributed by atoms with Gasteiger partial charge in [0.2, 0.25) is 0 Å². The van der Waals surface area contributed by atoms with Crippen LogP contribution in [0.2, 0.25) is 0 Å². The molecular weight excluding hydrogens is 250 g/mol. The van der Waals surface area contributed by atoms with Gasteiger partial charge in [-0.1, -0.05) is 0 Å². The SMILES string of the molecule is COCC(CNc1cc(C#N)ccc1[N+](=O)[O-])OC. The molecule has 0 heterocycles. The Hall–Kier alpha value is -2.17. The van der Waals surface area contributed by atoms with E-state index in [1.54, 1.807) is 7.11 Å². The maximum atomic E-state index is 10.9. The van der Waals surface area contributed by atoms with Gasteiger partial charge >= 0.3 is 0 Å². The molecule has 0 bridgehead atoms. The second kappa shape index (κ2) is 7.31. The third-order valence-electron chi connectivity index (χ3n) is 2.53. The molecule has 0 saturated carbocycles. The van der Waals surface area contributed by atoms with Crippen molar-refractivity contribution in [2.75, 3.05) is 32.7 Å². The lowest BCUT2D eigenvalue weighted by Crippen LogP contribution is -2.26. The van der Waals surface area contributed by atoms with Crippen molar-refractivity contribution in [3.63, 3.8) is 0 Å². The van der Waals surface area contributed by atoms with Crippen LogP contribution in [0.15, 0.2) is 18.2 Å². The van der Waals surface area contributed by atoms with Gasteiger partial charge in [-0.05, 0) is 12.1 Å². The Morgan fingerprint density at radius 1 is 1.53 bits per heavy atom. The molecule has 1 rings (SSSR count). The van der Waals surface area contributed by atoms with Gasteiger partial charge < -0.3 is 14.8 Å². The van der Waals surface area contributed by atoms with E-state index >= 15 is 0 Å². The zero-order valence-corrected chi connectivity index (χ0v) is 10.8. The Balaban J connectivity index is 2.86. The van der Waals surface area contributed by atoms with Crippen LogP contribution in [0, 0.1) is 21.4 Å². The summed E-state index contributed by atoms with van der Waals surface area (Å²) in [5.74, 6) is 0. The van der Waals surface area contributed by atoms with Gasteiger partial charge in [0, 0.05) is 26.8 Å². The minimum Gasteiger partial charge on any atom is -0.382 e. The zero-order chi connectivity index (χ0) is 14.3. The smallest absolute Gasteiger partial charge is 0.292 e. The second-order valence-corrected chi connectivity index (χ2v) is 3.79. The second-order valence-electron chi connectivity index (χ2n) is 3.79. The summed E-state index contributed by atoms with van der Waals surface area (Å²) in [6, 6.07) is 6.10. The molecular formula is C12H15N3O4. The van der Waals surface area contributed by atoms with E-state index in [0.717, 1.165) is 0 Å². The van der Waals surface area contributed by atoms with E-state index in [1.807, 2.05) is 6.07 Å². The minimum absolute atomic E-state index is 0.0775. The molecule has 102 valence electrons. The highest BCUT2D eigenvalue weighted by molar-refractivity contribution is 5.64. The highest BCUT2D eigenvalue weighted by Gasteiger charge is 2.15. The number of nitro groups is 1. The molecule has 0 aliphatic heterocycles.